The molecule has 0 heterocycles. The van der Waals surface area contributed by atoms with Crippen molar-refractivity contribution >= 4 is 12.0 Å². The molecular weight excluding hydrogens is 312 g/mol. The molecule has 0 aliphatic rings. The van der Waals surface area contributed by atoms with Gasteiger partial charge in [0.2, 0.25) is 0 Å². The first-order chi connectivity index (χ1) is 11.8. The van der Waals surface area contributed by atoms with Crippen LogP contribution in [0.1, 0.15) is 43.0 Å². The van der Waals surface area contributed by atoms with Crippen LogP contribution in [0.25, 0.3) is 6.08 Å². The van der Waals surface area contributed by atoms with E-state index in [0.29, 0.717) is 0 Å². The lowest BCUT2D eigenvalue weighted by Gasteiger charge is -2.18. The number of aryl methyl sites for hydroxylation is 1. The SMILES string of the molecule is COc1ccc(Cc2ccc(C)cc2/C=C/C(=O)OC(C)(C)C)cc1. The molecule has 3 nitrogen and oxygen atoms in total. The number of esters is 1. The Hall–Kier alpha value is -2.55. The summed E-state index contributed by atoms with van der Waals surface area (Å²) in [6.07, 6.45) is 4.12. The molecule has 0 bridgehead atoms. The lowest BCUT2D eigenvalue weighted by atomic mass is 9.97. The summed E-state index contributed by atoms with van der Waals surface area (Å²) in [5, 5.41) is 0. The third-order valence-electron chi connectivity index (χ3n) is 3.66. The minimum absolute atomic E-state index is 0.329. The zero-order valence-corrected chi connectivity index (χ0v) is 15.6. The van der Waals surface area contributed by atoms with Crippen molar-refractivity contribution in [1.29, 1.82) is 0 Å². The highest BCUT2D eigenvalue weighted by atomic mass is 16.6. The van der Waals surface area contributed by atoms with Gasteiger partial charge in [-0.1, -0.05) is 35.9 Å². The molecule has 0 aromatic heterocycles. The lowest BCUT2D eigenvalue weighted by Crippen LogP contribution is -2.22. The van der Waals surface area contributed by atoms with Gasteiger partial charge in [-0.05, 0) is 69.0 Å². The third-order valence-corrected chi connectivity index (χ3v) is 3.66. The van der Waals surface area contributed by atoms with Gasteiger partial charge in [-0.15, -0.1) is 0 Å². The fourth-order valence-electron chi connectivity index (χ4n) is 2.49. The van der Waals surface area contributed by atoms with Crippen LogP contribution in [-0.4, -0.2) is 18.7 Å². The Kier molecular flexibility index (Phi) is 6.02. The van der Waals surface area contributed by atoms with Gasteiger partial charge in [-0.25, -0.2) is 4.79 Å². The Morgan fingerprint density at radius 1 is 1.08 bits per heavy atom. The molecule has 0 saturated heterocycles. The van der Waals surface area contributed by atoms with Gasteiger partial charge >= 0.3 is 5.97 Å². The number of carbonyl (C=O) groups excluding carboxylic acids is 1. The molecule has 0 unspecified atom stereocenters. The first-order valence-electron chi connectivity index (χ1n) is 8.40. The van der Waals surface area contributed by atoms with Gasteiger partial charge in [-0.3, -0.25) is 0 Å². The average Bonchev–Trinajstić information content (AvgIpc) is 2.54. The second-order valence-electron chi connectivity index (χ2n) is 7.09. The van der Waals surface area contributed by atoms with Crippen molar-refractivity contribution in [2.24, 2.45) is 0 Å². The number of hydrogen-bond donors (Lipinski definition) is 0. The summed E-state index contributed by atoms with van der Waals surface area (Å²) >= 11 is 0. The number of rotatable bonds is 5. The molecule has 0 N–H and O–H groups in total. The number of benzene rings is 2. The van der Waals surface area contributed by atoms with Gasteiger partial charge < -0.3 is 9.47 Å². The number of carbonyl (C=O) groups is 1. The number of methoxy groups -OCH3 is 1. The summed E-state index contributed by atoms with van der Waals surface area (Å²) in [7, 11) is 1.66. The minimum atomic E-state index is -0.486. The number of hydrogen-bond acceptors (Lipinski definition) is 3. The predicted octanol–water partition coefficient (Wildman–Crippen LogP) is 4.95. The molecule has 132 valence electrons. The van der Waals surface area contributed by atoms with E-state index < -0.39 is 5.60 Å². The molecule has 0 spiro atoms. The van der Waals surface area contributed by atoms with E-state index in [0.717, 1.165) is 28.9 Å². The van der Waals surface area contributed by atoms with Crippen LogP contribution in [0.2, 0.25) is 0 Å². The van der Waals surface area contributed by atoms with Gasteiger partial charge in [0.25, 0.3) is 0 Å². The molecular formula is C22H26O3. The first kappa shape index (κ1) is 18.8. The van der Waals surface area contributed by atoms with Gasteiger partial charge in [0.15, 0.2) is 0 Å². The Balaban J connectivity index is 2.20. The maximum atomic E-state index is 11.9. The Morgan fingerprint density at radius 2 is 1.76 bits per heavy atom. The largest absolute Gasteiger partial charge is 0.497 e. The molecule has 25 heavy (non-hydrogen) atoms. The summed E-state index contributed by atoms with van der Waals surface area (Å²) in [5.74, 6) is 0.516. The lowest BCUT2D eigenvalue weighted by molar-refractivity contribution is -0.148. The summed E-state index contributed by atoms with van der Waals surface area (Å²) in [4.78, 5) is 11.9. The van der Waals surface area contributed by atoms with Crippen LogP contribution in [0.3, 0.4) is 0 Å². The van der Waals surface area contributed by atoms with Crippen molar-refractivity contribution < 1.29 is 14.3 Å². The third kappa shape index (κ3) is 6.11. The summed E-state index contributed by atoms with van der Waals surface area (Å²) in [6.45, 7) is 7.63. The smallest absolute Gasteiger partial charge is 0.331 e. The van der Waals surface area contributed by atoms with Crippen LogP contribution in [0, 0.1) is 6.92 Å². The van der Waals surface area contributed by atoms with Gasteiger partial charge in [0.05, 0.1) is 7.11 Å². The topological polar surface area (TPSA) is 35.5 Å². The fourth-order valence-corrected chi connectivity index (χ4v) is 2.49. The second kappa shape index (κ2) is 8.02. The Bertz CT molecular complexity index is 750. The van der Waals surface area contributed by atoms with Crippen LogP contribution >= 0.6 is 0 Å². The molecule has 0 atom stereocenters. The van der Waals surface area contributed by atoms with Gasteiger partial charge in [0.1, 0.15) is 11.4 Å². The molecule has 0 amide bonds. The average molecular weight is 338 g/mol. The van der Waals surface area contributed by atoms with E-state index in [4.69, 9.17) is 9.47 Å². The van der Waals surface area contributed by atoms with Crippen LogP contribution in [0.4, 0.5) is 0 Å². The van der Waals surface area contributed by atoms with Crippen LogP contribution in [0.5, 0.6) is 5.75 Å². The molecule has 3 heteroatoms. The monoisotopic (exact) mass is 338 g/mol. The normalized spacial score (nSPS) is 11.6. The maximum absolute atomic E-state index is 11.9. The Morgan fingerprint density at radius 3 is 2.36 bits per heavy atom. The molecule has 0 aliphatic carbocycles. The van der Waals surface area contributed by atoms with Crippen molar-refractivity contribution in [3.63, 3.8) is 0 Å². The molecule has 0 fully saturated rings. The highest BCUT2D eigenvalue weighted by Gasteiger charge is 2.14. The fraction of sp³-hybridized carbons (Fsp3) is 0.318. The summed E-state index contributed by atoms with van der Waals surface area (Å²) in [6, 6.07) is 14.3. The van der Waals surface area contributed by atoms with Crippen molar-refractivity contribution in [3.05, 3.63) is 70.8 Å². The van der Waals surface area contributed by atoms with Crippen molar-refractivity contribution in [3.8, 4) is 5.75 Å². The summed E-state index contributed by atoms with van der Waals surface area (Å²) in [5.41, 5.74) is 4.05. The van der Waals surface area contributed by atoms with Crippen molar-refractivity contribution in [1.82, 2.24) is 0 Å². The highest BCUT2D eigenvalue weighted by molar-refractivity contribution is 5.87. The van der Waals surface area contributed by atoms with Crippen LogP contribution in [0.15, 0.2) is 48.5 Å². The zero-order chi connectivity index (χ0) is 18.4. The van der Waals surface area contributed by atoms with Crippen LogP contribution < -0.4 is 4.74 Å². The Labute approximate surface area is 150 Å². The predicted molar refractivity (Wildman–Crippen MR) is 102 cm³/mol. The van der Waals surface area contributed by atoms with E-state index in [1.165, 1.54) is 11.6 Å². The van der Waals surface area contributed by atoms with E-state index in [1.54, 1.807) is 7.11 Å². The zero-order valence-electron chi connectivity index (χ0n) is 15.6. The van der Waals surface area contributed by atoms with Crippen molar-refractivity contribution in [2.75, 3.05) is 7.11 Å². The molecule has 0 aliphatic heterocycles. The van der Waals surface area contributed by atoms with Crippen LogP contribution in [-0.2, 0) is 16.0 Å². The number of ether oxygens (including phenoxy) is 2. The highest BCUT2D eigenvalue weighted by Crippen LogP contribution is 2.20. The quantitative estimate of drug-likeness (QED) is 0.571. The molecule has 2 aromatic rings. The standard InChI is InChI=1S/C22H26O3/c1-16-6-9-19(15-17-7-11-20(24-5)12-8-17)18(14-16)10-13-21(23)25-22(2,3)4/h6-14H,15H2,1-5H3/b13-10+. The van der Waals surface area contributed by atoms with Gasteiger partial charge in [-0.2, -0.15) is 0 Å². The van der Waals surface area contributed by atoms with Crippen molar-refractivity contribution in [2.45, 2.75) is 39.7 Å². The molecule has 2 aromatic carbocycles. The van der Waals surface area contributed by atoms with E-state index in [-0.39, 0.29) is 5.97 Å². The minimum Gasteiger partial charge on any atom is -0.497 e. The summed E-state index contributed by atoms with van der Waals surface area (Å²) < 4.78 is 10.5. The molecule has 0 saturated carbocycles. The van der Waals surface area contributed by atoms with E-state index in [1.807, 2.05) is 45.9 Å². The van der Waals surface area contributed by atoms with Gasteiger partial charge in [0, 0.05) is 6.08 Å². The first-order valence-corrected chi connectivity index (χ1v) is 8.40. The van der Waals surface area contributed by atoms with E-state index in [9.17, 15) is 4.79 Å². The molecule has 0 radical (unpaired) electrons. The van der Waals surface area contributed by atoms with E-state index >= 15 is 0 Å². The second-order valence-corrected chi connectivity index (χ2v) is 7.09. The molecule has 2 rings (SSSR count). The maximum Gasteiger partial charge on any atom is 0.331 e. The van der Waals surface area contributed by atoms with E-state index in [2.05, 4.69) is 30.3 Å².